The molecule has 0 unspecified atom stereocenters. The predicted octanol–water partition coefficient (Wildman–Crippen LogP) is 5.67. The Labute approximate surface area is 191 Å². The highest BCUT2D eigenvalue weighted by atomic mass is 79.9. The maximum Gasteiger partial charge on any atom is 0.247 e. The van der Waals surface area contributed by atoms with Crippen LogP contribution in [0.2, 0.25) is 5.02 Å². The van der Waals surface area contributed by atoms with Crippen LogP contribution in [0.4, 0.5) is 5.69 Å². The van der Waals surface area contributed by atoms with Crippen LogP contribution in [0, 0.1) is 0 Å². The second-order valence-electron chi connectivity index (χ2n) is 6.30. The van der Waals surface area contributed by atoms with Crippen molar-refractivity contribution in [1.29, 1.82) is 0 Å². The van der Waals surface area contributed by atoms with Crippen LogP contribution in [0.15, 0.2) is 40.0 Å². The van der Waals surface area contributed by atoms with Gasteiger partial charge >= 0.3 is 0 Å². The number of fused-ring (bicyclic) bond motifs is 3. The summed E-state index contributed by atoms with van der Waals surface area (Å²) in [6, 6.07) is 9.11. The van der Waals surface area contributed by atoms with Crippen LogP contribution < -0.4 is 14.8 Å². The van der Waals surface area contributed by atoms with Gasteiger partial charge in [0.25, 0.3) is 0 Å². The van der Waals surface area contributed by atoms with E-state index in [9.17, 15) is 5.11 Å². The number of nitrogens with zero attached hydrogens (tertiary/aromatic N) is 3. The number of anilines is 1. The largest absolute Gasteiger partial charge is 0.503 e. The molecule has 2 N–H and O–H groups in total. The van der Waals surface area contributed by atoms with Gasteiger partial charge in [0.15, 0.2) is 23.4 Å². The van der Waals surface area contributed by atoms with Gasteiger partial charge in [-0.2, -0.15) is 4.98 Å². The van der Waals surface area contributed by atoms with E-state index in [1.165, 1.54) is 11.8 Å². The van der Waals surface area contributed by atoms with Crippen LogP contribution in [0.5, 0.6) is 17.4 Å². The summed E-state index contributed by atoms with van der Waals surface area (Å²) in [5.41, 5.74) is 2.82. The number of ether oxygens (including phenoxy) is 2. The average Bonchev–Trinajstić information content (AvgIpc) is 2.88. The molecule has 4 rings (SSSR count). The van der Waals surface area contributed by atoms with E-state index in [0.29, 0.717) is 28.9 Å². The quantitative estimate of drug-likeness (QED) is 0.425. The number of aromatic hydroxyl groups is 1. The molecular formula is C20H18BrClN4O3S. The second kappa shape index (κ2) is 8.87. The Bertz CT molecular complexity index is 1100. The zero-order valence-corrected chi connectivity index (χ0v) is 19.3. The van der Waals surface area contributed by atoms with Crippen LogP contribution in [0.25, 0.3) is 11.3 Å². The van der Waals surface area contributed by atoms with Gasteiger partial charge in [-0.3, -0.25) is 0 Å². The summed E-state index contributed by atoms with van der Waals surface area (Å²) in [6.07, 6.45) is -0.639. The molecule has 1 aliphatic heterocycles. The summed E-state index contributed by atoms with van der Waals surface area (Å²) in [5, 5.41) is 22.9. The molecular weight excluding hydrogens is 492 g/mol. The summed E-state index contributed by atoms with van der Waals surface area (Å²) in [7, 11) is 0. The van der Waals surface area contributed by atoms with Gasteiger partial charge in [-0.15, -0.1) is 10.2 Å². The van der Waals surface area contributed by atoms with Crippen LogP contribution in [0.3, 0.4) is 0 Å². The van der Waals surface area contributed by atoms with Gasteiger partial charge < -0.3 is 19.9 Å². The van der Waals surface area contributed by atoms with Crippen molar-refractivity contribution >= 4 is 45.0 Å². The first-order valence-electron chi connectivity index (χ1n) is 9.26. The lowest BCUT2D eigenvalue weighted by atomic mass is 10.1. The van der Waals surface area contributed by atoms with Gasteiger partial charge in [-0.05, 0) is 43.0 Å². The van der Waals surface area contributed by atoms with Gasteiger partial charge in [0, 0.05) is 21.3 Å². The molecule has 1 aromatic heterocycles. The molecule has 0 spiro atoms. The van der Waals surface area contributed by atoms with E-state index in [1.807, 2.05) is 32.0 Å². The average molecular weight is 510 g/mol. The van der Waals surface area contributed by atoms with E-state index < -0.39 is 6.23 Å². The predicted molar refractivity (Wildman–Crippen MR) is 121 cm³/mol. The topological polar surface area (TPSA) is 89.4 Å². The Morgan fingerprint density at radius 1 is 1.27 bits per heavy atom. The van der Waals surface area contributed by atoms with Crippen molar-refractivity contribution in [1.82, 2.24) is 15.2 Å². The molecule has 2 aromatic carbocycles. The molecule has 2 heterocycles. The number of aromatic nitrogens is 3. The Hall–Kier alpha value is -2.23. The first kappa shape index (κ1) is 21.0. The van der Waals surface area contributed by atoms with E-state index >= 15 is 0 Å². The van der Waals surface area contributed by atoms with Crippen molar-refractivity contribution in [2.75, 3.05) is 17.7 Å². The normalized spacial score (nSPS) is 14.7. The van der Waals surface area contributed by atoms with Crippen molar-refractivity contribution in [3.8, 4) is 28.6 Å². The SMILES string of the molecule is CCOc1cc([C@@H]2Nc3ccc(Br)cc3-c3nnc(SCC)nc3O2)cc(Cl)c1O. The number of nitrogens with one attached hydrogen (secondary N) is 1. The lowest BCUT2D eigenvalue weighted by Crippen LogP contribution is -2.17. The molecule has 0 radical (unpaired) electrons. The molecule has 7 nitrogen and oxygen atoms in total. The highest BCUT2D eigenvalue weighted by molar-refractivity contribution is 9.10. The fourth-order valence-electron chi connectivity index (χ4n) is 3.02. The summed E-state index contributed by atoms with van der Waals surface area (Å²) in [4.78, 5) is 4.56. The van der Waals surface area contributed by atoms with Gasteiger partial charge in [0.2, 0.25) is 11.0 Å². The van der Waals surface area contributed by atoms with Crippen molar-refractivity contribution in [3.05, 3.63) is 45.4 Å². The molecule has 30 heavy (non-hydrogen) atoms. The van der Waals surface area contributed by atoms with E-state index in [2.05, 4.69) is 36.4 Å². The zero-order valence-electron chi connectivity index (χ0n) is 16.1. The molecule has 0 saturated carbocycles. The number of benzene rings is 2. The summed E-state index contributed by atoms with van der Waals surface area (Å²) in [5.74, 6) is 1.35. The number of phenolic OH excluding ortho intramolecular Hbond substituents is 1. The third-order valence-electron chi connectivity index (χ3n) is 4.31. The molecule has 3 aromatic rings. The molecule has 0 saturated heterocycles. The van der Waals surface area contributed by atoms with Crippen LogP contribution >= 0.6 is 39.3 Å². The van der Waals surface area contributed by atoms with Crippen LogP contribution in [-0.2, 0) is 0 Å². The minimum atomic E-state index is -0.639. The molecule has 156 valence electrons. The Morgan fingerprint density at radius 3 is 2.87 bits per heavy atom. The van der Waals surface area contributed by atoms with Gasteiger partial charge in [0.05, 0.1) is 11.6 Å². The molecule has 0 fully saturated rings. The van der Waals surface area contributed by atoms with Gasteiger partial charge in [-0.25, -0.2) is 0 Å². The van der Waals surface area contributed by atoms with Gasteiger partial charge in [-0.1, -0.05) is 46.2 Å². The fourth-order valence-corrected chi connectivity index (χ4v) is 4.11. The third-order valence-corrected chi connectivity index (χ3v) is 5.82. The number of hydrogen-bond acceptors (Lipinski definition) is 8. The van der Waals surface area contributed by atoms with Crippen molar-refractivity contribution in [2.45, 2.75) is 25.2 Å². The minimum absolute atomic E-state index is 0.105. The van der Waals surface area contributed by atoms with E-state index in [-0.39, 0.29) is 16.5 Å². The van der Waals surface area contributed by atoms with Crippen LogP contribution in [-0.4, -0.2) is 32.6 Å². The molecule has 1 atom stereocenters. The van der Waals surface area contributed by atoms with Crippen molar-refractivity contribution in [3.63, 3.8) is 0 Å². The Balaban J connectivity index is 1.84. The lowest BCUT2D eigenvalue weighted by molar-refractivity contribution is 0.224. The Morgan fingerprint density at radius 2 is 2.10 bits per heavy atom. The first-order valence-corrected chi connectivity index (χ1v) is 11.4. The van der Waals surface area contributed by atoms with E-state index in [0.717, 1.165) is 21.5 Å². The monoisotopic (exact) mass is 508 g/mol. The standard InChI is InChI=1S/C20H18BrClN4O3S/c1-3-28-15-8-10(7-13(22)17(15)27)18-23-14-6-5-11(21)9-12(14)16-19(29-18)24-20(26-25-16)30-4-2/h5-9,18,23,27H,3-4H2,1-2H3/t18-/m1/s1. The molecule has 1 aliphatic rings. The summed E-state index contributed by atoms with van der Waals surface area (Å²) >= 11 is 11.2. The lowest BCUT2D eigenvalue weighted by Gasteiger charge is -2.21. The summed E-state index contributed by atoms with van der Waals surface area (Å²) in [6.45, 7) is 4.24. The molecule has 0 amide bonds. The van der Waals surface area contributed by atoms with E-state index in [4.69, 9.17) is 21.1 Å². The maximum absolute atomic E-state index is 10.2. The van der Waals surface area contributed by atoms with Crippen molar-refractivity contribution in [2.24, 2.45) is 0 Å². The minimum Gasteiger partial charge on any atom is -0.503 e. The third kappa shape index (κ3) is 4.14. The first-order chi connectivity index (χ1) is 14.5. The number of halogens is 2. The number of rotatable bonds is 5. The second-order valence-corrected chi connectivity index (χ2v) is 8.85. The van der Waals surface area contributed by atoms with E-state index in [1.54, 1.807) is 12.1 Å². The number of phenols is 1. The summed E-state index contributed by atoms with van der Waals surface area (Å²) < 4.78 is 12.6. The highest BCUT2D eigenvalue weighted by Crippen LogP contribution is 2.43. The van der Waals surface area contributed by atoms with Crippen molar-refractivity contribution < 1.29 is 14.6 Å². The smallest absolute Gasteiger partial charge is 0.247 e. The zero-order chi connectivity index (χ0) is 21.3. The van der Waals surface area contributed by atoms with Gasteiger partial charge in [0.1, 0.15) is 0 Å². The fraction of sp³-hybridized carbons (Fsp3) is 0.250. The maximum atomic E-state index is 10.2. The molecule has 0 bridgehead atoms. The van der Waals surface area contributed by atoms with Crippen LogP contribution in [0.1, 0.15) is 25.6 Å². The number of thioether (sulfide) groups is 1. The molecule has 10 heteroatoms. The Kier molecular flexibility index (Phi) is 6.21. The molecule has 0 aliphatic carbocycles. The highest BCUT2D eigenvalue weighted by Gasteiger charge is 2.27. The number of hydrogen-bond donors (Lipinski definition) is 2.